The molecule has 1 heterocycles. The lowest BCUT2D eigenvalue weighted by molar-refractivity contribution is -0.121. The quantitative estimate of drug-likeness (QED) is 0.325. The second-order valence-corrected chi connectivity index (χ2v) is 8.57. The van der Waals surface area contributed by atoms with Crippen molar-refractivity contribution in [2.24, 2.45) is 0 Å². The number of benzene rings is 2. The number of hydrogen-bond acceptors (Lipinski definition) is 6. The molecule has 0 radical (unpaired) electrons. The molecular formula is C23H25NO4S2. The van der Waals surface area contributed by atoms with Gasteiger partial charge < -0.3 is 14.2 Å². The van der Waals surface area contributed by atoms with E-state index in [4.69, 9.17) is 26.4 Å². The van der Waals surface area contributed by atoms with Gasteiger partial charge in [-0.3, -0.25) is 9.69 Å². The number of hydrogen-bond donors (Lipinski definition) is 0. The second-order valence-electron chi connectivity index (χ2n) is 6.89. The third-order valence-electron chi connectivity index (χ3n) is 4.69. The smallest absolute Gasteiger partial charge is 0.265 e. The monoisotopic (exact) mass is 443 g/mol. The lowest BCUT2D eigenvalue weighted by Gasteiger charge is -2.15. The van der Waals surface area contributed by atoms with Crippen LogP contribution in [0.1, 0.15) is 23.1 Å². The van der Waals surface area contributed by atoms with Crippen molar-refractivity contribution in [3.63, 3.8) is 0 Å². The van der Waals surface area contributed by atoms with Crippen molar-refractivity contribution in [2.45, 2.75) is 20.3 Å². The minimum absolute atomic E-state index is 0.110. The number of methoxy groups -OCH3 is 1. The number of para-hydroxylation sites is 2. The van der Waals surface area contributed by atoms with E-state index in [1.807, 2.05) is 50.2 Å². The highest BCUT2D eigenvalue weighted by molar-refractivity contribution is 8.26. The van der Waals surface area contributed by atoms with E-state index in [1.54, 1.807) is 20.2 Å². The van der Waals surface area contributed by atoms with Crippen molar-refractivity contribution in [3.05, 3.63) is 58.0 Å². The molecule has 0 bridgehead atoms. The number of thioether (sulfide) groups is 1. The van der Waals surface area contributed by atoms with Crippen LogP contribution in [0.25, 0.3) is 6.08 Å². The fraction of sp³-hybridized carbons (Fsp3) is 0.304. The Hall–Kier alpha value is -2.51. The molecule has 1 fully saturated rings. The number of nitrogens with zero attached hydrogens (tertiary/aromatic N) is 1. The molecule has 1 saturated heterocycles. The summed E-state index contributed by atoms with van der Waals surface area (Å²) in [5.74, 6) is 2.04. The Morgan fingerprint density at radius 3 is 2.27 bits per heavy atom. The summed E-state index contributed by atoms with van der Waals surface area (Å²) in [6, 6.07) is 11.7. The van der Waals surface area contributed by atoms with Crippen LogP contribution in [0.15, 0.2) is 41.3 Å². The molecule has 7 heteroatoms. The predicted octanol–water partition coefficient (Wildman–Crippen LogP) is 4.99. The molecule has 158 valence electrons. The summed E-state index contributed by atoms with van der Waals surface area (Å²) in [6.45, 7) is 5.09. The third kappa shape index (κ3) is 4.96. The SMILES string of the molecule is COc1cccc(C=C2SC(=S)N(C)C2=O)c1OCCCOc1c(C)cccc1C. The number of rotatable bonds is 8. The van der Waals surface area contributed by atoms with E-state index in [1.165, 1.54) is 16.7 Å². The van der Waals surface area contributed by atoms with Crippen LogP contribution in [-0.4, -0.2) is 42.5 Å². The van der Waals surface area contributed by atoms with Crippen LogP contribution >= 0.6 is 24.0 Å². The fourth-order valence-corrected chi connectivity index (χ4v) is 4.25. The molecule has 5 nitrogen and oxygen atoms in total. The van der Waals surface area contributed by atoms with E-state index in [9.17, 15) is 4.79 Å². The zero-order chi connectivity index (χ0) is 21.7. The van der Waals surface area contributed by atoms with Gasteiger partial charge in [0.1, 0.15) is 10.1 Å². The van der Waals surface area contributed by atoms with Crippen LogP contribution in [0.3, 0.4) is 0 Å². The average molecular weight is 444 g/mol. The molecule has 0 aromatic heterocycles. The van der Waals surface area contributed by atoms with Crippen LogP contribution < -0.4 is 14.2 Å². The standard InChI is InChI=1S/C23H25NO4S2/c1-15-8-5-9-16(2)20(15)27-12-7-13-28-21-17(10-6-11-18(21)26-4)14-19-22(25)24(3)23(29)30-19/h5-6,8-11,14H,7,12-13H2,1-4H3. The van der Waals surface area contributed by atoms with Crippen LogP contribution in [-0.2, 0) is 4.79 Å². The highest BCUT2D eigenvalue weighted by atomic mass is 32.2. The summed E-state index contributed by atoms with van der Waals surface area (Å²) in [6.07, 6.45) is 2.51. The van der Waals surface area contributed by atoms with E-state index in [0.29, 0.717) is 40.4 Å². The van der Waals surface area contributed by atoms with Crippen LogP contribution in [0.2, 0.25) is 0 Å². The first-order valence-electron chi connectivity index (χ1n) is 9.62. The van der Waals surface area contributed by atoms with E-state index in [0.717, 1.165) is 22.4 Å². The summed E-state index contributed by atoms with van der Waals surface area (Å²) in [4.78, 5) is 14.4. The highest BCUT2D eigenvalue weighted by Gasteiger charge is 2.29. The van der Waals surface area contributed by atoms with Crippen molar-refractivity contribution in [1.29, 1.82) is 0 Å². The van der Waals surface area contributed by atoms with Gasteiger partial charge in [0.15, 0.2) is 11.5 Å². The third-order valence-corrected chi connectivity index (χ3v) is 6.18. The molecule has 0 spiro atoms. The number of thiocarbonyl (C=S) groups is 1. The Morgan fingerprint density at radius 2 is 1.67 bits per heavy atom. The Bertz CT molecular complexity index is 967. The van der Waals surface area contributed by atoms with Gasteiger partial charge in [-0.2, -0.15) is 0 Å². The molecule has 2 aromatic carbocycles. The Kier molecular flexibility index (Phi) is 7.39. The summed E-state index contributed by atoms with van der Waals surface area (Å²) >= 11 is 6.49. The van der Waals surface area contributed by atoms with Crippen LogP contribution in [0.4, 0.5) is 0 Å². The summed E-state index contributed by atoms with van der Waals surface area (Å²) < 4.78 is 18.0. The number of carbonyl (C=O) groups is 1. The average Bonchev–Trinajstić information content (AvgIpc) is 2.97. The predicted molar refractivity (Wildman–Crippen MR) is 125 cm³/mol. The van der Waals surface area contributed by atoms with Gasteiger partial charge in [-0.15, -0.1) is 0 Å². The minimum Gasteiger partial charge on any atom is -0.493 e. The van der Waals surface area contributed by atoms with Gasteiger partial charge in [0.2, 0.25) is 0 Å². The van der Waals surface area contributed by atoms with E-state index in [2.05, 4.69) is 0 Å². The van der Waals surface area contributed by atoms with Gasteiger partial charge in [-0.05, 0) is 37.1 Å². The molecule has 1 aliphatic rings. The van der Waals surface area contributed by atoms with Gasteiger partial charge in [0, 0.05) is 19.0 Å². The Morgan fingerprint density at radius 1 is 1.03 bits per heavy atom. The zero-order valence-corrected chi connectivity index (χ0v) is 19.2. The van der Waals surface area contributed by atoms with Crippen molar-refractivity contribution in [1.82, 2.24) is 4.90 Å². The lowest BCUT2D eigenvalue weighted by atomic mass is 10.1. The summed E-state index contributed by atoms with van der Waals surface area (Å²) in [7, 11) is 3.28. The Balaban J connectivity index is 1.67. The molecule has 0 aliphatic carbocycles. The summed E-state index contributed by atoms with van der Waals surface area (Å²) in [5, 5.41) is 0. The molecule has 1 amide bonds. The first-order valence-corrected chi connectivity index (χ1v) is 10.8. The second kappa shape index (κ2) is 10.00. The maximum absolute atomic E-state index is 12.3. The number of aryl methyl sites for hydroxylation is 2. The van der Waals surface area contributed by atoms with Gasteiger partial charge >= 0.3 is 0 Å². The van der Waals surface area contributed by atoms with Gasteiger partial charge in [-0.1, -0.05) is 54.3 Å². The minimum atomic E-state index is -0.110. The van der Waals surface area contributed by atoms with Crippen LogP contribution in [0.5, 0.6) is 17.2 Å². The van der Waals surface area contributed by atoms with Crippen molar-refractivity contribution >= 4 is 40.3 Å². The van der Waals surface area contributed by atoms with Crippen LogP contribution in [0, 0.1) is 13.8 Å². The maximum atomic E-state index is 12.3. The molecular weight excluding hydrogens is 418 g/mol. The number of likely N-dealkylation sites (N-methyl/N-ethyl adjacent to an activating group) is 1. The number of ether oxygens (including phenoxy) is 3. The molecule has 30 heavy (non-hydrogen) atoms. The molecule has 0 saturated carbocycles. The first-order chi connectivity index (χ1) is 14.4. The Labute approximate surface area is 187 Å². The summed E-state index contributed by atoms with van der Waals surface area (Å²) in [5.41, 5.74) is 3.02. The maximum Gasteiger partial charge on any atom is 0.265 e. The molecule has 0 atom stereocenters. The van der Waals surface area contributed by atoms with Gasteiger partial charge in [-0.25, -0.2) is 0 Å². The largest absolute Gasteiger partial charge is 0.493 e. The van der Waals surface area contributed by atoms with E-state index < -0.39 is 0 Å². The highest BCUT2D eigenvalue weighted by Crippen LogP contribution is 2.37. The fourth-order valence-electron chi connectivity index (χ4n) is 3.08. The zero-order valence-electron chi connectivity index (χ0n) is 17.6. The lowest BCUT2D eigenvalue weighted by Crippen LogP contribution is -2.22. The topological polar surface area (TPSA) is 48.0 Å². The normalized spacial score (nSPS) is 15.1. The van der Waals surface area contributed by atoms with Gasteiger partial charge in [0.05, 0.1) is 25.2 Å². The van der Waals surface area contributed by atoms with Crippen molar-refractivity contribution in [2.75, 3.05) is 27.4 Å². The van der Waals surface area contributed by atoms with Crippen molar-refractivity contribution in [3.8, 4) is 17.2 Å². The van der Waals surface area contributed by atoms with E-state index in [-0.39, 0.29) is 5.91 Å². The molecule has 0 N–H and O–H groups in total. The van der Waals surface area contributed by atoms with E-state index >= 15 is 0 Å². The molecule has 0 unspecified atom stereocenters. The molecule has 3 rings (SSSR count). The number of amides is 1. The molecule has 2 aromatic rings. The first kappa shape index (κ1) is 22.2. The van der Waals surface area contributed by atoms with Gasteiger partial charge in [0.25, 0.3) is 5.91 Å². The molecule has 1 aliphatic heterocycles. The van der Waals surface area contributed by atoms with Crippen molar-refractivity contribution < 1.29 is 19.0 Å². The number of carbonyl (C=O) groups excluding carboxylic acids is 1.